The van der Waals surface area contributed by atoms with Crippen molar-refractivity contribution in [2.24, 2.45) is 24.5 Å². The summed E-state index contributed by atoms with van der Waals surface area (Å²) in [5, 5.41) is 7.84. The van der Waals surface area contributed by atoms with E-state index < -0.39 is 35.0 Å². The highest BCUT2D eigenvalue weighted by Crippen LogP contribution is 2.35. The van der Waals surface area contributed by atoms with Crippen molar-refractivity contribution in [2.45, 2.75) is 38.4 Å². The van der Waals surface area contributed by atoms with E-state index in [-0.39, 0.29) is 28.1 Å². The molecule has 0 aliphatic carbocycles. The van der Waals surface area contributed by atoms with Crippen LogP contribution in [0, 0.1) is 11.7 Å². The first-order valence-corrected chi connectivity index (χ1v) is 14.1. The molecule has 3 aromatic heterocycles. The number of carbonyl (C=O) groups is 1. The second kappa shape index (κ2) is 12.3. The Balaban J connectivity index is 1.61. The Morgan fingerprint density at radius 3 is 2.67 bits per heavy atom. The fourth-order valence-corrected chi connectivity index (χ4v) is 5.32. The number of amides is 1. The molecule has 236 valence electrons. The van der Waals surface area contributed by atoms with Crippen LogP contribution in [0.2, 0.25) is 5.02 Å². The summed E-state index contributed by atoms with van der Waals surface area (Å²) >= 11 is 6.12. The van der Waals surface area contributed by atoms with Crippen LogP contribution in [0.3, 0.4) is 0 Å². The zero-order valence-corrected chi connectivity index (χ0v) is 24.8. The lowest BCUT2D eigenvalue weighted by Crippen LogP contribution is -2.31. The molecule has 16 heteroatoms. The molecule has 2 bridgehead atoms. The van der Waals surface area contributed by atoms with Crippen LogP contribution in [0.15, 0.2) is 65.7 Å². The quantitative estimate of drug-likeness (QED) is 0.161. The van der Waals surface area contributed by atoms with Crippen LogP contribution < -0.4 is 27.5 Å². The van der Waals surface area contributed by atoms with Crippen LogP contribution in [0.1, 0.15) is 37.9 Å². The molecular weight excluding hydrogens is 618 g/mol. The maximum Gasteiger partial charge on any atom is 0.432 e. The second-order valence-corrected chi connectivity index (χ2v) is 11.0. The van der Waals surface area contributed by atoms with Gasteiger partial charge in [0.2, 0.25) is 11.7 Å². The number of hydrogen-bond acceptors (Lipinski definition) is 8. The number of hydrazine groups is 1. The zero-order chi connectivity index (χ0) is 32.6. The Morgan fingerprint density at radius 1 is 1.18 bits per heavy atom. The van der Waals surface area contributed by atoms with Gasteiger partial charge in [0.05, 0.1) is 41.3 Å². The molecule has 2 atom stereocenters. The molecule has 0 saturated carbocycles. The first-order chi connectivity index (χ1) is 21.3. The van der Waals surface area contributed by atoms with Gasteiger partial charge in [-0.2, -0.15) is 22.7 Å². The number of fused-ring (bicyclic) bond motifs is 4. The summed E-state index contributed by atoms with van der Waals surface area (Å²) in [6, 6.07) is 6.49. The summed E-state index contributed by atoms with van der Waals surface area (Å²) < 4.78 is 57.8. The first kappa shape index (κ1) is 31.7. The summed E-state index contributed by atoms with van der Waals surface area (Å²) in [7, 11) is 1.72. The number of nitrogens with zero attached hydrogens (tertiary/aromatic N) is 6. The first-order valence-electron chi connectivity index (χ1n) is 13.7. The van der Waals surface area contributed by atoms with Crippen molar-refractivity contribution in [3.8, 4) is 22.5 Å². The number of nitrogens with two attached hydrogens (primary N) is 2. The van der Waals surface area contributed by atoms with Crippen LogP contribution in [0.4, 0.5) is 28.9 Å². The molecular formula is C29H28ClF4N9O2. The van der Waals surface area contributed by atoms with Crippen molar-refractivity contribution in [3.05, 3.63) is 87.8 Å². The number of nitrogens with one attached hydrogen (secondary N) is 1. The maximum absolute atomic E-state index is 16.0. The summed E-state index contributed by atoms with van der Waals surface area (Å²) in [5.41, 5.74) is 4.01. The predicted molar refractivity (Wildman–Crippen MR) is 160 cm³/mol. The van der Waals surface area contributed by atoms with Gasteiger partial charge in [-0.25, -0.2) is 10.8 Å². The standard InChI is InChI=1S/C29H28ClF4N9O2/c1-15-4-3-5-22(19-10-16(8-9-37-19)26-20(40-27(15)44)12-39-41(26)2)42-14-38-25(24(31)28(42)45)18-11-17(30)6-7-21(18)43(36)13-23(35)29(32,33)34/h6-15,22H,3-5,35-36H2,1-2H3,(H,40,44)/b23-13-. The third-order valence-corrected chi connectivity index (χ3v) is 7.76. The summed E-state index contributed by atoms with van der Waals surface area (Å²) in [6.45, 7) is 1.78. The average Bonchev–Trinajstić information content (AvgIpc) is 3.35. The van der Waals surface area contributed by atoms with Crippen LogP contribution in [0.25, 0.3) is 22.5 Å². The molecule has 1 aliphatic heterocycles. The minimum absolute atomic E-state index is 0.0910. The molecule has 5 N–H and O–H groups in total. The van der Waals surface area contributed by atoms with Gasteiger partial charge in [0, 0.05) is 41.5 Å². The molecule has 1 aromatic carbocycles. The number of hydrogen-bond donors (Lipinski definition) is 3. The lowest BCUT2D eigenvalue weighted by atomic mass is 9.97. The van der Waals surface area contributed by atoms with E-state index in [4.69, 9.17) is 23.2 Å². The summed E-state index contributed by atoms with van der Waals surface area (Å²) in [4.78, 5) is 35.2. The van der Waals surface area contributed by atoms with Crippen LogP contribution in [-0.2, 0) is 11.8 Å². The molecule has 0 fully saturated rings. The van der Waals surface area contributed by atoms with Crippen molar-refractivity contribution in [2.75, 3.05) is 10.3 Å². The van der Waals surface area contributed by atoms with Gasteiger partial charge in [0.1, 0.15) is 11.4 Å². The van der Waals surface area contributed by atoms with Gasteiger partial charge in [0.15, 0.2) is 0 Å². The highest BCUT2D eigenvalue weighted by molar-refractivity contribution is 6.31. The number of anilines is 2. The normalized spacial score (nSPS) is 17.6. The Hall–Kier alpha value is -4.76. The largest absolute Gasteiger partial charge is 0.432 e. The van der Waals surface area contributed by atoms with Gasteiger partial charge in [-0.1, -0.05) is 24.9 Å². The number of halogens is 5. The van der Waals surface area contributed by atoms with Gasteiger partial charge in [0.25, 0.3) is 5.56 Å². The number of allylic oxidation sites excluding steroid dienone is 1. The number of pyridine rings is 1. The number of carbonyl (C=O) groups excluding carboxylic acids is 1. The van der Waals surface area contributed by atoms with Crippen LogP contribution >= 0.6 is 11.6 Å². The molecule has 0 saturated heterocycles. The van der Waals surface area contributed by atoms with Crippen molar-refractivity contribution in [1.82, 2.24) is 24.3 Å². The zero-order valence-electron chi connectivity index (χ0n) is 24.0. The molecule has 0 spiro atoms. The molecule has 1 aliphatic rings. The molecule has 0 radical (unpaired) electrons. The van der Waals surface area contributed by atoms with Crippen molar-refractivity contribution >= 4 is 28.9 Å². The third-order valence-electron chi connectivity index (χ3n) is 7.53. The number of aryl methyl sites for hydroxylation is 1. The van der Waals surface area contributed by atoms with E-state index in [0.29, 0.717) is 53.1 Å². The Labute approximate surface area is 259 Å². The van der Waals surface area contributed by atoms with Crippen molar-refractivity contribution in [3.63, 3.8) is 0 Å². The van der Waals surface area contributed by atoms with E-state index in [1.807, 2.05) is 0 Å². The summed E-state index contributed by atoms with van der Waals surface area (Å²) in [5.74, 6) is 4.00. The van der Waals surface area contributed by atoms with Gasteiger partial charge >= 0.3 is 6.18 Å². The lowest BCUT2D eigenvalue weighted by molar-refractivity contribution is -0.119. The molecule has 4 aromatic rings. The number of alkyl halides is 3. The van der Waals surface area contributed by atoms with Crippen molar-refractivity contribution < 1.29 is 22.4 Å². The molecule has 5 rings (SSSR count). The predicted octanol–water partition coefficient (Wildman–Crippen LogP) is 4.89. The summed E-state index contributed by atoms with van der Waals surface area (Å²) in [6.07, 6.45) is 1.04. The van der Waals surface area contributed by atoms with E-state index in [1.165, 1.54) is 18.2 Å². The van der Waals surface area contributed by atoms with E-state index in [9.17, 15) is 22.8 Å². The Morgan fingerprint density at radius 2 is 1.93 bits per heavy atom. The van der Waals surface area contributed by atoms with Gasteiger partial charge < -0.3 is 11.1 Å². The highest BCUT2D eigenvalue weighted by atomic mass is 35.5. The molecule has 1 amide bonds. The van der Waals surface area contributed by atoms with Crippen LogP contribution in [0.5, 0.6) is 0 Å². The van der Waals surface area contributed by atoms with E-state index >= 15 is 4.39 Å². The number of rotatable bonds is 4. The minimum Gasteiger partial charge on any atom is -0.393 e. The third kappa shape index (κ3) is 6.40. The molecule has 45 heavy (non-hydrogen) atoms. The number of aromatic nitrogens is 5. The van der Waals surface area contributed by atoms with Crippen molar-refractivity contribution in [1.29, 1.82) is 0 Å². The maximum atomic E-state index is 16.0. The fraction of sp³-hybridized carbons (Fsp3) is 0.276. The second-order valence-electron chi connectivity index (χ2n) is 10.6. The van der Waals surface area contributed by atoms with E-state index in [2.05, 4.69) is 20.4 Å². The molecule has 4 heterocycles. The van der Waals surface area contributed by atoms with Gasteiger partial charge in [-0.05, 0) is 43.2 Å². The Kier molecular flexibility index (Phi) is 8.67. The average molecular weight is 646 g/mol. The Bertz CT molecular complexity index is 1850. The molecule has 2 unspecified atom stereocenters. The highest BCUT2D eigenvalue weighted by Gasteiger charge is 2.32. The topological polar surface area (TPSA) is 150 Å². The fourth-order valence-electron chi connectivity index (χ4n) is 5.15. The molecule has 11 nitrogen and oxygen atoms in total. The SMILES string of the molecule is CC1CCCC(n2cnc(-c3cc(Cl)ccc3N(N)/C=C(\N)C(F)(F)F)c(F)c2=O)c2cc(ccn2)-c2c(cnn2C)NC1=O. The van der Waals surface area contributed by atoms with E-state index in [0.717, 1.165) is 10.9 Å². The lowest BCUT2D eigenvalue weighted by Gasteiger charge is -2.23. The van der Waals surface area contributed by atoms with Gasteiger partial charge in [-0.3, -0.25) is 28.8 Å². The monoisotopic (exact) mass is 645 g/mol. The van der Waals surface area contributed by atoms with Crippen LogP contribution in [-0.4, -0.2) is 36.4 Å². The van der Waals surface area contributed by atoms with Gasteiger partial charge in [-0.15, -0.1) is 0 Å². The minimum atomic E-state index is -4.87. The smallest absolute Gasteiger partial charge is 0.393 e. The van der Waals surface area contributed by atoms with E-state index in [1.54, 1.807) is 43.2 Å². The number of benzene rings is 1.